The minimum atomic E-state index is -0.802. The van der Waals surface area contributed by atoms with E-state index in [1.165, 1.54) is 6.07 Å². The Balaban J connectivity index is 1.67. The molecule has 4 rings (SSSR count). The number of halogens is 2. The highest BCUT2D eigenvalue weighted by molar-refractivity contribution is 7.13. The molecule has 0 radical (unpaired) electrons. The van der Waals surface area contributed by atoms with Gasteiger partial charge in [0.25, 0.3) is 0 Å². The van der Waals surface area contributed by atoms with E-state index in [0.29, 0.717) is 30.9 Å². The molecule has 0 N–H and O–H groups in total. The first-order valence-corrected chi connectivity index (χ1v) is 8.17. The van der Waals surface area contributed by atoms with Crippen LogP contribution < -0.4 is 4.90 Å². The molecule has 0 spiro atoms. The van der Waals surface area contributed by atoms with Crippen molar-refractivity contribution in [2.45, 2.75) is 13.0 Å². The van der Waals surface area contributed by atoms with E-state index in [1.807, 2.05) is 22.4 Å². The number of thiophene rings is 1. The van der Waals surface area contributed by atoms with E-state index >= 15 is 0 Å². The molecule has 0 saturated carbocycles. The fourth-order valence-electron chi connectivity index (χ4n) is 2.81. The number of benzene rings is 1. The summed E-state index contributed by atoms with van der Waals surface area (Å²) in [6.45, 7) is 1.02. The average molecular weight is 329 g/mol. The lowest BCUT2D eigenvalue weighted by molar-refractivity contribution is 0.490. The standard InChI is InChI=1S/C17H13F2N3S/c18-13-4-3-11-5-6-22(10-12(11)17(13)19)16-9-20-8-14(21-16)15-2-1-7-23-15/h1-4,7-9H,5-6,10H2. The van der Waals surface area contributed by atoms with Crippen LogP contribution in [0.15, 0.2) is 42.0 Å². The minimum Gasteiger partial charge on any atom is -0.351 e. The number of aromatic nitrogens is 2. The molecule has 6 heteroatoms. The van der Waals surface area contributed by atoms with Crippen LogP contribution >= 0.6 is 11.3 Å². The van der Waals surface area contributed by atoms with Gasteiger partial charge in [-0.2, -0.15) is 0 Å². The predicted molar refractivity (Wildman–Crippen MR) is 86.5 cm³/mol. The summed E-state index contributed by atoms with van der Waals surface area (Å²) in [6, 6.07) is 6.81. The normalized spacial score (nSPS) is 13.9. The molecule has 1 aromatic carbocycles. The maximum atomic E-state index is 14.0. The fraction of sp³-hybridized carbons (Fsp3) is 0.176. The molecular weight excluding hydrogens is 316 g/mol. The minimum absolute atomic E-state index is 0.307. The van der Waals surface area contributed by atoms with E-state index in [0.717, 1.165) is 16.1 Å². The zero-order valence-electron chi connectivity index (χ0n) is 12.2. The molecule has 23 heavy (non-hydrogen) atoms. The zero-order chi connectivity index (χ0) is 15.8. The third-order valence-electron chi connectivity index (χ3n) is 4.01. The van der Waals surface area contributed by atoms with E-state index in [4.69, 9.17) is 0 Å². The van der Waals surface area contributed by atoms with Crippen LogP contribution in [-0.2, 0) is 13.0 Å². The van der Waals surface area contributed by atoms with Gasteiger partial charge in [0.05, 0.1) is 17.3 Å². The monoisotopic (exact) mass is 329 g/mol. The van der Waals surface area contributed by atoms with Crippen molar-refractivity contribution in [3.05, 3.63) is 64.8 Å². The lowest BCUT2D eigenvalue weighted by Gasteiger charge is -2.30. The van der Waals surface area contributed by atoms with Crippen molar-refractivity contribution in [1.82, 2.24) is 9.97 Å². The Hall–Kier alpha value is -2.34. The summed E-state index contributed by atoms with van der Waals surface area (Å²) < 4.78 is 27.5. The molecule has 1 aliphatic rings. The number of hydrogen-bond donors (Lipinski definition) is 0. The molecule has 0 aliphatic carbocycles. The van der Waals surface area contributed by atoms with Gasteiger partial charge >= 0.3 is 0 Å². The van der Waals surface area contributed by atoms with Crippen LogP contribution in [0, 0.1) is 11.6 Å². The van der Waals surface area contributed by atoms with Gasteiger partial charge in [-0.15, -0.1) is 11.3 Å². The summed E-state index contributed by atoms with van der Waals surface area (Å²) in [7, 11) is 0. The van der Waals surface area contributed by atoms with Gasteiger partial charge in [-0.3, -0.25) is 4.98 Å². The molecule has 2 aromatic heterocycles. The average Bonchev–Trinajstić information content (AvgIpc) is 3.13. The molecule has 3 nitrogen and oxygen atoms in total. The SMILES string of the molecule is Fc1ccc2c(c1F)CN(c1cncc(-c3cccs3)n1)CC2. The maximum Gasteiger partial charge on any atom is 0.164 e. The Labute approximate surface area is 136 Å². The van der Waals surface area contributed by atoms with E-state index in [-0.39, 0.29) is 0 Å². The van der Waals surface area contributed by atoms with Gasteiger partial charge < -0.3 is 4.90 Å². The van der Waals surface area contributed by atoms with Gasteiger partial charge in [0, 0.05) is 18.7 Å². The van der Waals surface area contributed by atoms with Crippen molar-refractivity contribution >= 4 is 17.2 Å². The summed E-state index contributed by atoms with van der Waals surface area (Å²) in [5, 5.41) is 1.99. The van der Waals surface area contributed by atoms with Gasteiger partial charge in [0.15, 0.2) is 11.6 Å². The Kier molecular flexibility index (Phi) is 3.53. The second-order valence-corrected chi connectivity index (χ2v) is 6.36. The Morgan fingerprint density at radius 3 is 2.87 bits per heavy atom. The summed E-state index contributed by atoms with van der Waals surface area (Å²) in [4.78, 5) is 11.8. The summed E-state index contributed by atoms with van der Waals surface area (Å²) in [5.74, 6) is -0.871. The number of fused-ring (bicyclic) bond motifs is 1. The molecule has 116 valence electrons. The highest BCUT2D eigenvalue weighted by Gasteiger charge is 2.23. The molecule has 0 bridgehead atoms. The quantitative estimate of drug-likeness (QED) is 0.710. The van der Waals surface area contributed by atoms with Crippen molar-refractivity contribution in [1.29, 1.82) is 0 Å². The van der Waals surface area contributed by atoms with Crippen LogP contribution in [0.1, 0.15) is 11.1 Å². The third-order valence-corrected chi connectivity index (χ3v) is 4.90. The van der Waals surface area contributed by atoms with Crippen LogP contribution in [-0.4, -0.2) is 16.5 Å². The molecular formula is C17H13F2N3S. The second kappa shape index (κ2) is 5.70. The first kappa shape index (κ1) is 14.3. The summed E-state index contributed by atoms with van der Waals surface area (Å²) >= 11 is 1.59. The molecule has 0 saturated heterocycles. The molecule has 0 amide bonds. The van der Waals surface area contributed by atoms with Crippen molar-refractivity contribution in [2.75, 3.05) is 11.4 Å². The highest BCUT2D eigenvalue weighted by Crippen LogP contribution is 2.28. The number of anilines is 1. The van der Waals surface area contributed by atoms with E-state index in [9.17, 15) is 8.78 Å². The van der Waals surface area contributed by atoms with Crippen molar-refractivity contribution < 1.29 is 8.78 Å². The molecule has 0 atom stereocenters. The second-order valence-electron chi connectivity index (χ2n) is 5.41. The Morgan fingerprint density at radius 2 is 2.04 bits per heavy atom. The molecule has 0 unspecified atom stereocenters. The lowest BCUT2D eigenvalue weighted by Crippen LogP contribution is -2.32. The smallest absolute Gasteiger partial charge is 0.164 e. The summed E-state index contributed by atoms with van der Waals surface area (Å²) in [5.41, 5.74) is 2.07. The van der Waals surface area contributed by atoms with Gasteiger partial charge in [-0.05, 0) is 29.5 Å². The van der Waals surface area contributed by atoms with Crippen LogP contribution in [0.2, 0.25) is 0 Å². The third kappa shape index (κ3) is 2.59. The van der Waals surface area contributed by atoms with Gasteiger partial charge in [-0.25, -0.2) is 13.8 Å². The van der Waals surface area contributed by atoms with Crippen LogP contribution in [0.3, 0.4) is 0 Å². The molecule has 0 fully saturated rings. The van der Waals surface area contributed by atoms with Crippen molar-refractivity contribution in [3.8, 4) is 10.6 Å². The Morgan fingerprint density at radius 1 is 1.13 bits per heavy atom. The Bertz CT molecular complexity index is 849. The van der Waals surface area contributed by atoms with Crippen molar-refractivity contribution in [3.63, 3.8) is 0 Å². The first-order chi connectivity index (χ1) is 11.2. The molecule has 1 aliphatic heterocycles. The first-order valence-electron chi connectivity index (χ1n) is 7.29. The zero-order valence-corrected chi connectivity index (χ0v) is 13.0. The van der Waals surface area contributed by atoms with E-state index in [1.54, 1.807) is 29.8 Å². The van der Waals surface area contributed by atoms with Gasteiger partial charge in [0.1, 0.15) is 11.5 Å². The number of hydrogen-bond acceptors (Lipinski definition) is 4. The van der Waals surface area contributed by atoms with Gasteiger partial charge in [-0.1, -0.05) is 12.1 Å². The van der Waals surface area contributed by atoms with Gasteiger partial charge in [0.2, 0.25) is 0 Å². The van der Waals surface area contributed by atoms with Crippen LogP contribution in [0.25, 0.3) is 10.6 Å². The highest BCUT2D eigenvalue weighted by atomic mass is 32.1. The van der Waals surface area contributed by atoms with Crippen LogP contribution in [0.5, 0.6) is 0 Å². The van der Waals surface area contributed by atoms with E-state index < -0.39 is 11.6 Å². The topological polar surface area (TPSA) is 29.0 Å². The van der Waals surface area contributed by atoms with Crippen molar-refractivity contribution in [2.24, 2.45) is 0 Å². The fourth-order valence-corrected chi connectivity index (χ4v) is 3.49. The molecule has 3 aromatic rings. The summed E-state index contributed by atoms with van der Waals surface area (Å²) in [6.07, 6.45) is 4.05. The lowest BCUT2D eigenvalue weighted by atomic mass is 9.99. The predicted octanol–water partition coefficient (Wildman–Crippen LogP) is 4.05. The maximum absolute atomic E-state index is 14.0. The van der Waals surface area contributed by atoms with Crippen LogP contribution in [0.4, 0.5) is 14.6 Å². The molecule has 3 heterocycles. The number of rotatable bonds is 2. The van der Waals surface area contributed by atoms with E-state index in [2.05, 4.69) is 9.97 Å². The largest absolute Gasteiger partial charge is 0.351 e. The number of nitrogens with zero attached hydrogens (tertiary/aromatic N) is 3.